The summed E-state index contributed by atoms with van der Waals surface area (Å²) in [7, 11) is 0. The second kappa shape index (κ2) is 5.74. The summed E-state index contributed by atoms with van der Waals surface area (Å²) < 4.78 is 5.46. The zero-order valence-electron chi connectivity index (χ0n) is 10.5. The highest BCUT2D eigenvalue weighted by molar-refractivity contribution is 9.09. The molecule has 1 saturated carbocycles. The lowest BCUT2D eigenvalue weighted by molar-refractivity contribution is 0.0943. The van der Waals surface area contributed by atoms with Crippen LogP contribution in [0.15, 0.2) is 24.3 Å². The first-order chi connectivity index (χ1) is 8.71. The second-order valence-corrected chi connectivity index (χ2v) is 5.31. The Kier molecular flexibility index (Phi) is 4.27. The zero-order valence-corrected chi connectivity index (χ0v) is 12.1. The third-order valence-corrected chi connectivity index (χ3v) is 4.49. The first kappa shape index (κ1) is 13.4. The Morgan fingerprint density at radius 3 is 2.78 bits per heavy atom. The average molecular weight is 312 g/mol. The van der Waals surface area contributed by atoms with Crippen molar-refractivity contribution in [3.63, 3.8) is 0 Å². The van der Waals surface area contributed by atoms with Gasteiger partial charge in [0.1, 0.15) is 5.75 Å². The maximum Gasteiger partial charge on any atom is 0.255 e. The number of nitrogens with one attached hydrogen (secondary N) is 1. The van der Waals surface area contributed by atoms with E-state index in [4.69, 9.17) is 4.74 Å². The summed E-state index contributed by atoms with van der Waals surface area (Å²) in [6, 6.07) is 7.36. The average Bonchev–Trinajstić information content (AvgIpc) is 3.18. The Bertz CT molecular complexity index is 430. The smallest absolute Gasteiger partial charge is 0.255 e. The quantitative estimate of drug-likeness (QED) is 0.820. The molecule has 1 N–H and O–H groups in total. The zero-order chi connectivity index (χ0) is 13.0. The minimum Gasteiger partial charge on any atom is -0.493 e. The summed E-state index contributed by atoms with van der Waals surface area (Å²) in [5.74, 6) is 0.604. The number of hydrogen-bond acceptors (Lipinski definition) is 2. The molecule has 1 fully saturated rings. The van der Waals surface area contributed by atoms with Crippen molar-refractivity contribution in [2.75, 3.05) is 18.5 Å². The largest absolute Gasteiger partial charge is 0.493 e. The number of rotatable bonds is 6. The molecular weight excluding hydrogens is 294 g/mol. The summed E-state index contributed by atoms with van der Waals surface area (Å²) in [5, 5.41) is 3.95. The van der Waals surface area contributed by atoms with Crippen LogP contribution in [0, 0.1) is 5.41 Å². The molecule has 0 unspecified atom stereocenters. The highest BCUT2D eigenvalue weighted by Crippen LogP contribution is 2.46. The number of alkyl halides is 1. The molecule has 0 saturated heterocycles. The van der Waals surface area contributed by atoms with Crippen LogP contribution in [0.2, 0.25) is 0 Å². The number of para-hydroxylation sites is 1. The van der Waals surface area contributed by atoms with Crippen LogP contribution in [0.4, 0.5) is 0 Å². The Labute approximate surface area is 116 Å². The highest BCUT2D eigenvalue weighted by Gasteiger charge is 2.41. The molecule has 1 aliphatic carbocycles. The van der Waals surface area contributed by atoms with Gasteiger partial charge in [0.15, 0.2) is 0 Å². The standard InChI is InChI=1S/C14H18BrNO2/c1-2-18-12-6-4-3-5-11(12)13(17)16-10-14(9-15)7-8-14/h3-6H,2,7-10H2,1H3,(H,16,17). The maximum atomic E-state index is 12.1. The van der Waals surface area contributed by atoms with Gasteiger partial charge in [0, 0.05) is 11.9 Å². The molecule has 2 rings (SSSR count). The van der Waals surface area contributed by atoms with E-state index in [1.165, 1.54) is 12.8 Å². The molecule has 4 heteroatoms. The summed E-state index contributed by atoms with van der Waals surface area (Å²) in [6.07, 6.45) is 2.37. The molecule has 0 bridgehead atoms. The minimum absolute atomic E-state index is 0.0497. The summed E-state index contributed by atoms with van der Waals surface area (Å²) in [5.41, 5.74) is 0.903. The Hall–Kier alpha value is -1.03. The topological polar surface area (TPSA) is 38.3 Å². The van der Waals surface area contributed by atoms with Crippen molar-refractivity contribution in [2.45, 2.75) is 19.8 Å². The summed E-state index contributed by atoms with van der Waals surface area (Å²) in [6.45, 7) is 3.21. The first-order valence-electron chi connectivity index (χ1n) is 6.27. The number of hydrogen-bond donors (Lipinski definition) is 1. The molecule has 18 heavy (non-hydrogen) atoms. The van der Waals surface area contributed by atoms with Crippen molar-refractivity contribution in [1.82, 2.24) is 5.32 Å². The van der Waals surface area contributed by atoms with Crippen LogP contribution in [-0.4, -0.2) is 24.4 Å². The number of halogens is 1. The monoisotopic (exact) mass is 311 g/mol. The predicted octanol–water partition coefficient (Wildman–Crippen LogP) is 2.99. The minimum atomic E-state index is -0.0497. The number of carbonyl (C=O) groups is 1. The van der Waals surface area contributed by atoms with Crippen LogP contribution in [-0.2, 0) is 0 Å². The maximum absolute atomic E-state index is 12.1. The molecule has 1 amide bonds. The molecule has 1 aromatic rings. The predicted molar refractivity (Wildman–Crippen MR) is 75.4 cm³/mol. The van der Waals surface area contributed by atoms with E-state index in [0.717, 1.165) is 11.9 Å². The van der Waals surface area contributed by atoms with Gasteiger partial charge in [-0.25, -0.2) is 0 Å². The Morgan fingerprint density at radius 2 is 2.17 bits per heavy atom. The first-order valence-corrected chi connectivity index (χ1v) is 7.39. The third-order valence-electron chi connectivity index (χ3n) is 3.30. The van der Waals surface area contributed by atoms with Crippen LogP contribution in [0.1, 0.15) is 30.1 Å². The van der Waals surface area contributed by atoms with Gasteiger partial charge in [-0.3, -0.25) is 4.79 Å². The molecule has 98 valence electrons. The van der Waals surface area contributed by atoms with Crippen molar-refractivity contribution in [3.8, 4) is 5.75 Å². The number of benzene rings is 1. The van der Waals surface area contributed by atoms with Gasteiger partial charge in [-0.15, -0.1) is 0 Å². The summed E-state index contributed by atoms with van der Waals surface area (Å²) in [4.78, 5) is 12.1. The lowest BCUT2D eigenvalue weighted by Crippen LogP contribution is -2.31. The van der Waals surface area contributed by atoms with E-state index in [0.29, 0.717) is 17.9 Å². The van der Waals surface area contributed by atoms with Gasteiger partial charge in [0.25, 0.3) is 5.91 Å². The fraction of sp³-hybridized carbons (Fsp3) is 0.500. The van der Waals surface area contributed by atoms with Crippen molar-refractivity contribution < 1.29 is 9.53 Å². The van der Waals surface area contributed by atoms with E-state index >= 15 is 0 Å². The van der Waals surface area contributed by atoms with Gasteiger partial charge in [0.05, 0.1) is 12.2 Å². The fourth-order valence-corrected chi connectivity index (χ4v) is 2.59. The van der Waals surface area contributed by atoms with E-state index in [1.54, 1.807) is 6.07 Å². The molecule has 0 heterocycles. The van der Waals surface area contributed by atoms with Crippen LogP contribution >= 0.6 is 15.9 Å². The molecule has 0 atom stereocenters. The molecule has 0 aliphatic heterocycles. The van der Waals surface area contributed by atoms with Gasteiger partial charge >= 0.3 is 0 Å². The molecule has 0 aromatic heterocycles. The number of ether oxygens (including phenoxy) is 1. The van der Waals surface area contributed by atoms with Gasteiger partial charge in [-0.05, 0) is 37.3 Å². The van der Waals surface area contributed by atoms with E-state index in [9.17, 15) is 4.79 Å². The summed E-state index contributed by atoms with van der Waals surface area (Å²) >= 11 is 3.50. The Balaban J connectivity index is 2.00. The normalized spacial score (nSPS) is 16.1. The molecule has 1 aromatic carbocycles. The van der Waals surface area contributed by atoms with Crippen molar-refractivity contribution in [3.05, 3.63) is 29.8 Å². The van der Waals surface area contributed by atoms with E-state index < -0.39 is 0 Å². The van der Waals surface area contributed by atoms with E-state index in [1.807, 2.05) is 25.1 Å². The van der Waals surface area contributed by atoms with E-state index in [-0.39, 0.29) is 11.3 Å². The van der Waals surface area contributed by atoms with Crippen LogP contribution in [0.3, 0.4) is 0 Å². The van der Waals surface area contributed by atoms with Crippen molar-refractivity contribution >= 4 is 21.8 Å². The lowest BCUT2D eigenvalue weighted by atomic mass is 10.1. The van der Waals surface area contributed by atoms with E-state index in [2.05, 4.69) is 21.2 Å². The molecule has 1 aliphatic rings. The van der Waals surface area contributed by atoms with Gasteiger partial charge in [-0.1, -0.05) is 28.1 Å². The highest BCUT2D eigenvalue weighted by atomic mass is 79.9. The van der Waals surface area contributed by atoms with Crippen molar-refractivity contribution in [2.24, 2.45) is 5.41 Å². The van der Waals surface area contributed by atoms with Gasteiger partial charge in [-0.2, -0.15) is 0 Å². The molecular formula is C14H18BrNO2. The molecule has 3 nitrogen and oxygen atoms in total. The van der Waals surface area contributed by atoms with Crippen LogP contribution in [0.5, 0.6) is 5.75 Å². The van der Waals surface area contributed by atoms with Crippen LogP contribution < -0.4 is 10.1 Å². The van der Waals surface area contributed by atoms with Crippen LogP contribution in [0.25, 0.3) is 0 Å². The molecule has 0 spiro atoms. The Morgan fingerprint density at radius 1 is 1.44 bits per heavy atom. The number of carbonyl (C=O) groups excluding carboxylic acids is 1. The lowest BCUT2D eigenvalue weighted by Gasteiger charge is -2.14. The second-order valence-electron chi connectivity index (χ2n) is 4.75. The van der Waals surface area contributed by atoms with Gasteiger partial charge < -0.3 is 10.1 Å². The third kappa shape index (κ3) is 3.05. The molecule has 0 radical (unpaired) electrons. The number of amides is 1. The fourth-order valence-electron chi connectivity index (χ4n) is 1.83. The SMILES string of the molecule is CCOc1ccccc1C(=O)NCC1(CBr)CC1. The van der Waals surface area contributed by atoms with Gasteiger partial charge in [0.2, 0.25) is 0 Å². The van der Waals surface area contributed by atoms with Crippen molar-refractivity contribution in [1.29, 1.82) is 0 Å².